The molecular formula is C20H22ClN3O3. The molecule has 1 N–H and O–H groups in total. The molecule has 0 aromatic heterocycles. The third kappa shape index (κ3) is 6.36. The van der Waals surface area contributed by atoms with Crippen LogP contribution in [-0.4, -0.2) is 49.9 Å². The first-order valence-electron chi connectivity index (χ1n) is 8.79. The Labute approximate surface area is 163 Å². The summed E-state index contributed by atoms with van der Waals surface area (Å²) in [4.78, 5) is 14.0. The van der Waals surface area contributed by atoms with Crippen molar-refractivity contribution in [2.45, 2.75) is 6.61 Å². The molecule has 2 aromatic rings. The molecule has 0 radical (unpaired) electrons. The zero-order chi connectivity index (χ0) is 18.9. The van der Waals surface area contributed by atoms with E-state index in [1.807, 2.05) is 53.4 Å². The maximum Gasteiger partial charge on any atom is 0.254 e. The van der Waals surface area contributed by atoms with Gasteiger partial charge >= 0.3 is 0 Å². The third-order valence-electron chi connectivity index (χ3n) is 4.09. The Hall–Kier alpha value is -2.41. The molecule has 0 saturated carbocycles. The minimum Gasteiger partial charge on any atom is -0.488 e. The summed E-state index contributed by atoms with van der Waals surface area (Å²) < 4.78 is 11.1. The Balaban J connectivity index is 1.52. The molecule has 1 saturated heterocycles. The number of hydrogen-bond acceptors (Lipinski definition) is 5. The van der Waals surface area contributed by atoms with Gasteiger partial charge in [0.2, 0.25) is 0 Å². The number of hydrazone groups is 1. The van der Waals surface area contributed by atoms with E-state index in [0.29, 0.717) is 37.1 Å². The number of carbonyl (C=O) groups excluding carboxylic acids is 1. The van der Waals surface area contributed by atoms with E-state index in [1.54, 1.807) is 6.21 Å². The summed E-state index contributed by atoms with van der Waals surface area (Å²) in [6.07, 6.45) is 1.59. The molecule has 7 heteroatoms. The van der Waals surface area contributed by atoms with Crippen LogP contribution in [0.2, 0.25) is 5.02 Å². The van der Waals surface area contributed by atoms with Gasteiger partial charge in [0.25, 0.3) is 5.91 Å². The summed E-state index contributed by atoms with van der Waals surface area (Å²) in [7, 11) is 0. The molecule has 1 aliphatic rings. The maximum absolute atomic E-state index is 12.0. The second-order valence-electron chi connectivity index (χ2n) is 6.13. The van der Waals surface area contributed by atoms with Crippen LogP contribution in [0.25, 0.3) is 0 Å². The number of rotatable bonds is 7. The molecule has 0 spiro atoms. The first kappa shape index (κ1) is 19.4. The molecule has 6 nitrogen and oxygen atoms in total. The molecule has 142 valence electrons. The van der Waals surface area contributed by atoms with Crippen LogP contribution in [0, 0.1) is 0 Å². The molecule has 27 heavy (non-hydrogen) atoms. The summed E-state index contributed by atoms with van der Waals surface area (Å²) in [5, 5.41) is 4.75. The average molecular weight is 388 g/mol. The van der Waals surface area contributed by atoms with Crippen LogP contribution in [0.4, 0.5) is 0 Å². The van der Waals surface area contributed by atoms with E-state index in [4.69, 9.17) is 21.1 Å². The van der Waals surface area contributed by atoms with Crippen molar-refractivity contribution in [2.75, 3.05) is 32.8 Å². The number of halogens is 1. The highest BCUT2D eigenvalue weighted by atomic mass is 35.5. The van der Waals surface area contributed by atoms with Gasteiger partial charge in [-0.05, 0) is 29.8 Å². The number of hydrogen-bond donors (Lipinski definition) is 1. The standard InChI is InChI=1S/C20H22ClN3O3/c21-18-7-5-16(6-8-18)15-27-19-4-2-1-3-17(19)13-22-23-20(25)14-24-9-11-26-12-10-24/h1-8,13H,9-12,14-15H2,(H,23,25). The van der Waals surface area contributed by atoms with Gasteiger partial charge in [-0.1, -0.05) is 35.9 Å². The third-order valence-corrected chi connectivity index (χ3v) is 4.34. The quantitative estimate of drug-likeness (QED) is 0.586. The van der Waals surface area contributed by atoms with Crippen molar-refractivity contribution in [1.82, 2.24) is 10.3 Å². The Morgan fingerprint density at radius 3 is 2.70 bits per heavy atom. The number of nitrogens with zero attached hydrogens (tertiary/aromatic N) is 2. The molecule has 1 amide bonds. The molecular weight excluding hydrogens is 366 g/mol. The summed E-state index contributed by atoms with van der Waals surface area (Å²) in [6.45, 7) is 3.58. The highest BCUT2D eigenvalue weighted by molar-refractivity contribution is 6.30. The zero-order valence-electron chi connectivity index (χ0n) is 14.9. The van der Waals surface area contributed by atoms with Gasteiger partial charge in [0, 0.05) is 23.7 Å². The number of nitrogens with one attached hydrogen (secondary N) is 1. The van der Waals surface area contributed by atoms with E-state index in [1.165, 1.54) is 0 Å². The number of carbonyl (C=O) groups is 1. The minimum atomic E-state index is -0.146. The van der Waals surface area contributed by atoms with Gasteiger partial charge < -0.3 is 9.47 Å². The highest BCUT2D eigenvalue weighted by Gasteiger charge is 2.13. The van der Waals surface area contributed by atoms with E-state index in [0.717, 1.165) is 24.2 Å². The largest absolute Gasteiger partial charge is 0.488 e. The van der Waals surface area contributed by atoms with Crippen molar-refractivity contribution in [1.29, 1.82) is 0 Å². The monoisotopic (exact) mass is 387 g/mol. The number of benzene rings is 2. The van der Waals surface area contributed by atoms with E-state index in [9.17, 15) is 4.79 Å². The molecule has 0 unspecified atom stereocenters. The fraction of sp³-hybridized carbons (Fsp3) is 0.300. The first-order valence-corrected chi connectivity index (χ1v) is 9.17. The van der Waals surface area contributed by atoms with Gasteiger partial charge in [-0.3, -0.25) is 9.69 Å². The number of amides is 1. The van der Waals surface area contributed by atoms with Crippen LogP contribution in [0.3, 0.4) is 0 Å². The van der Waals surface area contributed by atoms with Gasteiger partial charge in [-0.15, -0.1) is 0 Å². The van der Waals surface area contributed by atoms with Crippen LogP contribution < -0.4 is 10.2 Å². The van der Waals surface area contributed by atoms with Crippen LogP contribution in [0.1, 0.15) is 11.1 Å². The lowest BCUT2D eigenvalue weighted by Gasteiger charge is -2.25. The van der Waals surface area contributed by atoms with Crippen molar-refractivity contribution in [2.24, 2.45) is 5.10 Å². The molecule has 0 atom stereocenters. The van der Waals surface area contributed by atoms with Crippen molar-refractivity contribution < 1.29 is 14.3 Å². The lowest BCUT2D eigenvalue weighted by molar-refractivity contribution is -0.123. The van der Waals surface area contributed by atoms with Gasteiger partial charge in [0.05, 0.1) is 26.0 Å². The fourth-order valence-electron chi connectivity index (χ4n) is 2.63. The summed E-state index contributed by atoms with van der Waals surface area (Å²) in [6, 6.07) is 15.0. The number of para-hydroxylation sites is 1. The lowest BCUT2D eigenvalue weighted by atomic mass is 10.2. The van der Waals surface area contributed by atoms with Gasteiger partial charge in [-0.2, -0.15) is 5.10 Å². The second kappa shape index (κ2) is 10.1. The second-order valence-corrected chi connectivity index (χ2v) is 6.57. The summed E-state index contributed by atoms with van der Waals surface area (Å²) in [5.74, 6) is 0.548. The molecule has 2 aromatic carbocycles. The SMILES string of the molecule is O=C(CN1CCOCC1)NN=Cc1ccccc1OCc1ccc(Cl)cc1. The Morgan fingerprint density at radius 2 is 1.93 bits per heavy atom. The fourth-order valence-corrected chi connectivity index (χ4v) is 2.76. The Bertz CT molecular complexity index is 774. The zero-order valence-corrected chi connectivity index (χ0v) is 15.7. The van der Waals surface area contributed by atoms with E-state index < -0.39 is 0 Å². The molecule has 0 bridgehead atoms. The predicted molar refractivity (Wildman–Crippen MR) is 105 cm³/mol. The van der Waals surface area contributed by atoms with E-state index in [2.05, 4.69) is 10.5 Å². The van der Waals surface area contributed by atoms with Crippen LogP contribution in [0.15, 0.2) is 53.6 Å². The normalized spacial score (nSPS) is 15.0. The molecule has 1 fully saturated rings. The highest BCUT2D eigenvalue weighted by Crippen LogP contribution is 2.18. The Morgan fingerprint density at radius 1 is 1.19 bits per heavy atom. The average Bonchev–Trinajstić information content (AvgIpc) is 2.69. The lowest BCUT2D eigenvalue weighted by Crippen LogP contribution is -2.42. The molecule has 0 aliphatic carbocycles. The molecule has 1 aliphatic heterocycles. The van der Waals surface area contributed by atoms with Gasteiger partial charge in [-0.25, -0.2) is 5.43 Å². The number of morpholine rings is 1. The molecule has 3 rings (SSSR count). The maximum atomic E-state index is 12.0. The summed E-state index contributed by atoms with van der Waals surface area (Å²) >= 11 is 5.90. The molecule has 1 heterocycles. The van der Waals surface area contributed by atoms with Crippen molar-refractivity contribution in [3.05, 3.63) is 64.7 Å². The van der Waals surface area contributed by atoms with Gasteiger partial charge in [0.1, 0.15) is 12.4 Å². The van der Waals surface area contributed by atoms with Crippen LogP contribution in [-0.2, 0) is 16.1 Å². The Kier molecular flexibility index (Phi) is 7.21. The first-order chi connectivity index (χ1) is 13.2. The minimum absolute atomic E-state index is 0.146. The predicted octanol–water partition coefficient (Wildman–Crippen LogP) is 2.70. The summed E-state index contributed by atoms with van der Waals surface area (Å²) in [5.41, 5.74) is 4.37. The van der Waals surface area contributed by atoms with Crippen molar-refractivity contribution in [3.63, 3.8) is 0 Å². The van der Waals surface area contributed by atoms with Crippen molar-refractivity contribution >= 4 is 23.7 Å². The smallest absolute Gasteiger partial charge is 0.254 e. The van der Waals surface area contributed by atoms with E-state index in [-0.39, 0.29) is 5.91 Å². The van der Waals surface area contributed by atoms with Crippen molar-refractivity contribution in [3.8, 4) is 5.75 Å². The topological polar surface area (TPSA) is 63.2 Å². The van der Waals surface area contributed by atoms with E-state index >= 15 is 0 Å². The van der Waals surface area contributed by atoms with Crippen LogP contribution >= 0.6 is 11.6 Å². The number of ether oxygens (including phenoxy) is 2. The van der Waals surface area contributed by atoms with Gasteiger partial charge in [0.15, 0.2) is 0 Å². The van der Waals surface area contributed by atoms with Crippen LogP contribution in [0.5, 0.6) is 5.75 Å².